The molecular formula is C21H22N4O2S3. The third-order valence-electron chi connectivity index (χ3n) is 3.97. The molecule has 0 aliphatic rings. The maximum Gasteiger partial charge on any atom is 0.255 e. The Bertz CT molecular complexity index is 1040. The molecule has 0 bridgehead atoms. The van der Waals surface area contributed by atoms with Crippen molar-refractivity contribution in [1.29, 1.82) is 0 Å². The average Bonchev–Trinajstić information content (AvgIpc) is 3.15. The molecule has 0 fully saturated rings. The maximum absolute atomic E-state index is 12.5. The normalized spacial score (nSPS) is 11.7. The number of hydrogen-bond donors (Lipinski definition) is 2. The van der Waals surface area contributed by atoms with Gasteiger partial charge in [0.25, 0.3) is 5.91 Å². The second kappa shape index (κ2) is 10.6. The molecule has 0 saturated heterocycles. The number of nitrogens with one attached hydrogen (secondary N) is 2. The molecule has 2 N–H and O–H groups in total. The number of aromatic nitrogens is 2. The molecule has 6 nitrogen and oxygen atoms in total. The minimum Gasteiger partial charge on any atom is -0.322 e. The van der Waals surface area contributed by atoms with Crippen LogP contribution >= 0.6 is 35.1 Å². The zero-order chi connectivity index (χ0) is 21.5. The number of thioether (sulfide) groups is 2. The van der Waals surface area contributed by atoms with Crippen LogP contribution < -0.4 is 10.6 Å². The van der Waals surface area contributed by atoms with Crippen molar-refractivity contribution in [2.75, 3.05) is 16.4 Å². The molecule has 0 aliphatic heterocycles. The number of aryl methyl sites for hydroxylation is 1. The van der Waals surface area contributed by atoms with E-state index in [0.717, 1.165) is 16.2 Å². The monoisotopic (exact) mass is 458 g/mol. The molecule has 3 rings (SSSR count). The van der Waals surface area contributed by atoms with E-state index in [9.17, 15) is 9.59 Å². The predicted molar refractivity (Wildman–Crippen MR) is 126 cm³/mol. The number of amides is 2. The quantitative estimate of drug-likeness (QED) is 0.444. The molecule has 2 aromatic carbocycles. The predicted octanol–water partition coefficient (Wildman–Crippen LogP) is 5.33. The Morgan fingerprint density at radius 2 is 1.93 bits per heavy atom. The van der Waals surface area contributed by atoms with Crippen LogP contribution in [-0.2, 0) is 4.79 Å². The number of carbonyl (C=O) groups excluding carboxylic acids is 2. The summed E-state index contributed by atoms with van der Waals surface area (Å²) in [6.07, 6.45) is 0. The summed E-state index contributed by atoms with van der Waals surface area (Å²) in [4.78, 5) is 30.1. The lowest BCUT2D eigenvalue weighted by Crippen LogP contribution is -2.22. The first-order valence-electron chi connectivity index (χ1n) is 9.36. The summed E-state index contributed by atoms with van der Waals surface area (Å²) in [6.45, 7) is 5.81. The van der Waals surface area contributed by atoms with E-state index in [2.05, 4.69) is 20.0 Å². The van der Waals surface area contributed by atoms with Gasteiger partial charge < -0.3 is 5.32 Å². The van der Waals surface area contributed by atoms with Crippen LogP contribution in [0.4, 0.5) is 10.8 Å². The summed E-state index contributed by atoms with van der Waals surface area (Å²) in [7, 11) is 0. The Balaban J connectivity index is 1.59. The molecule has 9 heteroatoms. The number of anilines is 2. The third-order valence-corrected chi connectivity index (χ3v) is 6.53. The molecule has 1 unspecified atom stereocenters. The molecule has 0 aliphatic carbocycles. The number of benzene rings is 2. The van der Waals surface area contributed by atoms with Gasteiger partial charge in [-0.1, -0.05) is 42.4 Å². The van der Waals surface area contributed by atoms with Crippen LogP contribution in [0.15, 0.2) is 58.6 Å². The van der Waals surface area contributed by atoms with Crippen LogP contribution in [0.5, 0.6) is 0 Å². The smallest absolute Gasteiger partial charge is 0.255 e. The van der Waals surface area contributed by atoms with Crippen molar-refractivity contribution in [3.63, 3.8) is 0 Å². The molecule has 2 amide bonds. The Kier molecular flexibility index (Phi) is 7.89. The zero-order valence-electron chi connectivity index (χ0n) is 16.8. The topological polar surface area (TPSA) is 84.0 Å². The first kappa shape index (κ1) is 22.3. The summed E-state index contributed by atoms with van der Waals surface area (Å²) < 4.78 is 4.20. The standard InChI is InChI=1S/C21H22N4O2S3/c1-4-28-21-24-20(30-25-21)23-18(26)14(3)29-17-10-6-9-16(12-17)22-19(27)15-8-5-7-13(2)11-15/h5-12,14H,4H2,1-3H3,(H,22,27)(H,23,24,25,26). The van der Waals surface area contributed by atoms with Gasteiger partial charge in [0.1, 0.15) is 0 Å². The van der Waals surface area contributed by atoms with Crippen LogP contribution in [0.3, 0.4) is 0 Å². The van der Waals surface area contributed by atoms with Gasteiger partial charge in [0.2, 0.25) is 16.2 Å². The lowest BCUT2D eigenvalue weighted by atomic mass is 10.1. The Hall–Kier alpha value is -2.36. The highest BCUT2D eigenvalue weighted by atomic mass is 32.2. The molecule has 0 saturated carbocycles. The summed E-state index contributed by atoms with van der Waals surface area (Å²) in [5.74, 6) is 0.578. The van der Waals surface area contributed by atoms with Crippen LogP contribution in [-0.4, -0.2) is 32.2 Å². The van der Waals surface area contributed by atoms with Crippen LogP contribution in [0, 0.1) is 6.92 Å². The second-order valence-electron chi connectivity index (χ2n) is 6.42. The van der Waals surface area contributed by atoms with Gasteiger partial charge in [-0.2, -0.15) is 9.36 Å². The van der Waals surface area contributed by atoms with Gasteiger partial charge in [-0.3, -0.25) is 14.9 Å². The lowest BCUT2D eigenvalue weighted by Gasteiger charge is -2.12. The fourth-order valence-electron chi connectivity index (χ4n) is 2.55. The van der Waals surface area contributed by atoms with Crippen LogP contribution in [0.1, 0.15) is 29.8 Å². The first-order chi connectivity index (χ1) is 14.4. The molecular weight excluding hydrogens is 436 g/mol. The van der Waals surface area contributed by atoms with E-state index >= 15 is 0 Å². The minimum atomic E-state index is -0.334. The Morgan fingerprint density at radius 3 is 2.70 bits per heavy atom. The summed E-state index contributed by atoms with van der Waals surface area (Å²) in [6, 6.07) is 14.9. The maximum atomic E-state index is 12.5. The molecule has 1 heterocycles. The van der Waals surface area contributed by atoms with Crippen molar-refractivity contribution < 1.29 is 9.59 Å². The van der Waals surface area contributed by atoms with Crippen LogP contribution in [0.25, 0.3) is 0 Å². The molecule has 1 aromatic heterocycles. The zero-order valence-corrected chi connectivity index (χ0v) is 19.3. The second-order valence-corrected chi connectivity index (χ2v) is 9.81. The van der Waals surface area contributed by atoms with Gasteiger partial charge in [0.15, 0.2) is 0 Å². The number of hydrogen-bond acceptors (Lipinski definition) is 7. The van der Waals surface area contributed by atoms with E-state index in [1.807, 2.05) is 63.2 Å². The average molecular weight is 459 g/mol. The van der Waals surface area contributed by atoms with E-state index in [4.69, 9.17) is 0 Å². The van der Waals surface area contributed by atoms with Gasteiger partial charge in [0.05, 0.1) is 5.25 Å². The molecule has 0 radical (unpaired) electrons. The summed E-state index contributed by atoms with van der Waals surface area (Å²) >= 11 is 4.13. The van der Waals surface area contributed by atoms with E-state index in [1.165, 1.54) is 35.1 Å². The van der Waals surface area contributed by atoms with Crippen molar-refractivity contribution in [3.05, 3.63) is 59.7 Å². The summed E-state index contributed by atoms with van der Waals surface area (Å²) in [5, 5.41) is 6.57. The number of nitrogens with zero attached hydrogens (tertiary/aromatic N) is 2. The number of carbonyl (C=O) groups is 2. The van der Waals surface area contributed by atoms with E-state index in [-0.39, 0.29) is 17.1 Å². The van der Waals surface area contributed by atoms with Crippen molar-refractivity contribution in [3.8, 4) is 0 Å². The molecule has 0 spiro atoms. The molecule has 30 heavy (non-hydrogen) atoms. The van der Waals surface area contributed by atoms with Gasteiger partial charge in [0, 0.05) is 27.7 Å². The van der Waals surface area contributed by atoms with E-state index < -0.39 is 0 Å². The van der Waals surface area contributed by atoms with E-state index in [0.29, 0.717) is 21.5 Å². The van der Waals surface area contributed by atoms with E-state index in [1.54, 1.807) is 6.07 Å². The molecule has 1 atom stereocenters. The highest BCUT2D eigenvalue weighted by molar-refractivity contribution is 8.00. The van der Waals surface area contributed by atoms with Crippen molar-refractivity contribution in [2.24, 2.45) is 0 Å². The fraction of sp³-hybridized carbons (Fsp3) is 0.238. The Morgan fingerprint density at radius 1 is 1.13 bits per heavy atom. The van der Waals surface area contributed by atoms with Crippen LogP contribution in [0.2, 0.25) is 0 Å². The van der Waals surface area contributed by atoms with Gasteiger partial charge in [-0.05, 0) is 49.9 Å². The van der Waals surface area contributed by atoms with Gasteiger partial charge in [-0.15, -0.1) is 11.8 Å². The van der Waals surface area contributed by atoms with Crippen molar-refractivity contribution in [1.82, 2.24) is 9.36 Å². The fourth-order valence-corrected chi connectivity index (χ4v) is 4.75. The third kappa shape index (κ3) is 6.32. The largest absolute Gasteiger partial charge is 0.322 e. The molecule has 156 valence electrons. The molecule has 3 aromatic rings. The van der Waals surface area contributed by atoms with Crippen molar-refractivity contribution >= 4 is 57.7 Å². The minimum absolute atomic E-state index is 0.140. The highest BCUT2D eigenvalue weighted by Crippen LogP contribution is 2.27. The SMILES string of the molecule is CCSc1nsc(NC(=O)C(C)Sc2cccc(NC(=O)c3cccc(C)c3)c2)n1. The first-order valence-corrected chi connectivity index (χ1v) is 12.0. The highest BCUT2D eigenvalue weighted by Gasteiger charge is 2.17. The Labute approximate surface area is 188 Å². The van der Waals surface area contributed by atoms with Gasteiger partial charge >= 0.3 is 0 Å². The number of rotatable bonds is 8. The van der Waals surface area contributed by atoms with Gasteiger partial charge in [-0.25, -0.2) is 0 Å². The summed E-state index contributed by atoms with van der Waals surface area (Å²) in [5.41, 5.74) is 2.32. The lowest BCUT2D eigenvalue weighted by molar-refractivity contribution is -0.115. The van der Waals surface area contributed by atoms with Crippen molar-refractivity contribution in [2.45, 2.75) is 36.1 Å².